The number of rotatable bonds is 4. The molecule has 1 unspecified atom stereocenters. The maximum atomic E-state index is 6.20. The molecule has 3 nitrogen and oxygen atoms in total. The van der Waals surface area contributed by atoms with Crippen LogP contribution in [0.5, 0.6) is 0 Å². The van der Waals surface area contributed by atoms with Crippen molar-refractivity contribution in [2.45, 2.75) is 19.5 Å². The highest BCUT2D eigenvalue weighted by Crippen LogP contribution is 2.37. The highest BCUT2D eigenvalue weighted by atomic mass is 35.5. The lowest BCUT2D eigenvalue weighted by Crippen LogP contribution is -2.21. The Kier molecular flexibility index (Phi) is 4.09. The monoisotopic (exact) mass is 289 g/mol. The van der Waals surface area contributed by atoms with Gasteiger partial charge in [-0.25, -0.2) is 0 Å². The molecule has 0 aliphatic heterocycles. The molecule has 2 heterocycles. The standard InChI is InChI=1S/C11H13Cl2N3S/c1-3-16-8(4-5-15-16)10(14-2)7-6-9(12)17-11(7)13/h4-6,10,14H,3H2,1-2H3. The van der Waals surface area contributed by atoms with Gasteiger partial charge in [-0.1, -0.05) is 23.2 Å². The Labute approximate surface area is 114 Å². The zero-order valence-electron chi connectivity index (χ0n) is 9.58. The molecule has 1 N–H and O–H groups in total. The topological polar surface area (TPSA) is 29.9 Å². The van der Waals surface area contributed by atoms with Crippen LogP contribution in [0.2, 0.25) is 8.67 Å². The summed E-state index contributed by atoms with van der Waals surface area (Å²) in [5.41, 5.74) is 2.09. The van der Waals surface area contributed by atoms with E-state index < -0.39 is 0 Å². The van der Waals surface area contributed by atoms with E-state index in [9.17, 15) is 0 Å². The predicted molar refractivity (Wildman–Crippen MR) is 73.1 cm³/mol. The van der Waals surface area contributed by atoms with Crippen LogP contribution in [-0.2, 0) is 6.54 Å². The van der Waals surface area contributed by atoms with Crippen molar-refractivity contribution < 1.29 is 0 Å². The van der Waals surface area contributed by atoms with Gasteiger partial charge in [0.2, 0.25) is 0 Å². The minimum atomic E-state index is 0.0219. The maximum Gasteiger partial charge on any atom is 0.0996 e. The van der Waals surface area contributed by atoms with Crippen molar-refractivity contribution in [3.05, 3.63) is 38.3 Å². The molecule has 0 saturated heterocycles. The van der Waals surface area contributed by atoms with E-state index in [4.69, 9.17) is 23.2 Å². The van der Waals surface area contributed by atoms with Crippen LogP contribution in [0.25, 0.3) is 0 Å². The van der Waals surface area contributed by atoms with E-state index in [0.717, 1.165) is 22.1 Å². The molecule has 0 bridgehead atoms. The fraction of sp³-hybridized carbons (Fsp3) is 0.364. The van der Waals surface area contributed by atoms with Crippen LogP contribution in [0, 0.1) is 0 Å². The normalized spacial score (nSPS) is 12.9. The third kappa shape index (κ3) is 2.50. The lowest BCUT2D eigenvalue weighted by atomic mass is 10.1. The van der Waals surface area contributed by atoms with Gasteiger partial charge in [-0.15, -0.1) is 11.3 Å². The molecule has 6 heteroatoms. The van der Waals surface area contributed by atoms with Crippen molar-refractivity contribution in [1.82, 2.24) is 15.1 Å². The first-order valence-electron chi connectivity index (χ1n) is 5.31. The second-order valence-electron chi connectivity index (χ2n) is 3.57. The minimum absolute atomic E-state index is 0.0219. The Hall–Kier alpha value is -0.550. The molecule has 0 spiro atoms. The van der Waals surface area contributed by atoms with E-state index in [0.29, 0.717) is 4.34 Å². The van der Waals surface area contributed by atoms with Crippen molar-refractivity contribution >= 4 is 34.5 Å². The largest absolute Gasteiger partial charge is 0.308 e. The summed E-state index contributed by atoms with van der Waals surface area (Å²) in [4.78, 5) is 0. The lowest BCUT2D eigenvalue weighted by Gasteiger charge is -2.17. The van der Waals surface area contributed by atoms with Gasteiger partial charge >= 0.3 is 0 Å². The maximum absolute atomic E-state index is 6.20. The molecule has 2 aromatic rings. The van der Waals surface area contributed by atoms with Gasteiger partial charge in [0.25, 0.3) is 0 Å². The van der Waals surface area contributed by atoms with Crippen molar-refractivity contribution in [3.63, 3.8) is 0 Å². The van der Waals surface area contributed by atoms with Crippen molar-refractivity contribution in [1.29, 1.82) is 0 Å². The van der Waals surface area contributed by atoms with E-state index in [1.54, 1.807) is 6.20 Å². The van der Waals surface area contributed by atoms with E-state index in [1.807, 2.05) is 23.9 Å². The van der Waals surface area contributed by atoms with E-state index in [1.165, 1.54) is 11.3 Å². The Balaban J connectivity index is 2.43. The molecule has 1 atom stereocenters. The van der Waals surface area contributed by atoms with E-state index in [-0.39, 0.29) is 6.04 Å². The fourth-order valence-corrected chi connectivity index (χ4v) is 3.40. The highest BCUT2D eigenvalue weighted by Gasteiger charge is 2.20. The zero-order chi connectivity index (χ0) is 12.4. The van der Waals surface area contributed by atoms with Gasteiger partial charge in [-0.3, -0.25) is 4.68 Å². The Morgan fingerprint density at radius 1 is 1.53 bits per heavy atom. The van der Waals surface area contributed by atoms with Gasteiger partial charge in [0.05, 0.1) is 20.4 Å². The number of nitrogens with one attached hydrogen (secondary N) is 1. The number of thiophene rings is 1. The number of nitrogens with zero attached hydrogens (tertiary/aromatic N) is 2. The second-order valence-corrected chi connectivity index (χ2v) is 5.86. The van der Waals surface area contributed by atoms with Gasteiger partial charge in [-0.2, -0.15) is 5.10 Å². The molecule has 0 radical (unpaired) electrons. The van der Waals surface area contributed by atoms with Gasteiger partial charge in [-0.05, 0) is 26.1 Å². The number of hydrogen-bond acceptors (Lipinski definition) is 3. The van der Waals surface area contributed by atoms with Crippen LogP contribution < -0.4 is 5.32 Å². The molecule has 2 aromatic heterocycles. The molecule has 0 amide bonds. The highest BCUT2D eigenvalue weighted by molar-refractivity contribution is 7.20. The van der Waals surface area contributed by atoms with Crippen LogP contribution in [-0.4, -0.2) is 16.8 Å². The van der Waals surface area contributed by atoms with E-state index >= 15 is 0 Å². The van der Waals surface area contributed by atoms with Crippen molar-refractivity contribution in [2.24, 2.45) is 0 Å². The molecule has 0 aliphatic carbocycles. The van der Waals surface area contributed by atoms with Crippen LogP contribution in [0.1, 0.15) is 24.2 Å². The van der Waals surface area contributed by atoms with Crippen LogP contribution >= 0.6 is 34.5 Å². The summed E-state index contributed by atoms with van der Waals surface area (Å²) in [7, 11) is 1.90. The molecule has 2 rings (SSSR count). The summed E-state index contributed by atoms with van der Waals surface area (Å²) < 4.78 is 3.37. The lowest BCUT2D eigenvalue weighted by molar-refractivity contribution is 0.564. The average Bonchev–Trinajstić information content (AvgIpc) is 2.88. The SMILES string of the molecule is CCn1nccc1C(NC)c1cc(Cl)sc1Cl. The van der Waals surface area contributed by atoms with Crippen molar-refractivity contribution in [3.8, 4) is 0 Å². The van der Waals surface area contributed by atoms with Gasteiger partial charge in [0.15, 0.2) is 0 Å². The molecule has 0 fully saturated rings. The fourth-order valence-electron chi connectivity index (χ4n) is 1.86. The Bertz CT molecular complexity index is 507. The molecule has 0 saturated carbocycles. The van der Waals surface area contributed by atoms with Crippen molar-refractivity contribution in [2.75, 3.05) is 7.05 Å². The zero-order valence-corrected chi connectivity index (χ0v) is 11.9. The third-order valence-corrected chi connectivity index (χ3v) is 4.15. The molecular weight excluding hydrogens is 277 g/mol. The Morgan fingerprint density at radius 3 is 2.82 bits per heavy atom. The predicted octanol–water partition coefficient (Wildman–Crippen LogP) is 3.58. The van der Waals surface area contributed by atoms with Crippen LogP contribution in [0.3, 0.4) is 0 Å². The summed E-state index contributed by atoms with van der Waals surface area (Å²) in [6, 6.07) is 3.92. The number of halogens is 2. The quantitative estimate of drug-likeness (QED) is 0.932. The summed E-state index contributed by atoms with van der Waals surface area (Å²) >= 11 is 13.6. The van der Waals surface area contributed by atoms with Gasteiger partial charge in [0, 0.05) is 18.3 Å². The van der Waals surface area contributed by atoms with E-state index in [2.05, 4.69) is 17.3 Å². The summed E-state index contributed by atoms with van der Waals surface area (Å²) in [6.45, 7) is 2.89. The summed E-state index contributed by atoms with van der Waals surface area (Å²) in [5.74, 6) is 0. The summed E-state index contributed by atoms with van der Waals surface area (Å²) in [5, 5.41) is 7.52. The van der Waals surface area contributed by atoms with Gasteiger partial charge in [0.1, 0.15) is 0 Å². The number of aromatic nitrogens is 2. The number of hydrogen-bond donors (Lipinski definition) is 1. The first-order valence-corrected chi connectivity index (χ1v) is 6.88. The minimum Gasteiger partial charge on any atom is -0.308 e. The molecule has 0 aliphatic rings. The smallest absolute Gasteiger partial charge is 0.0996 e. The third-order valence-electron chi connectivity index (χ3n) is 2.63. The first kappa shape index (κ1) is 12.9. The molecule has 17 heavy (non-hydrogen) atoms. The van der Waals surface area contributed by atoms with Gasteiger partial charge < -0.3 is 5.32 Å². The average molecular weight is 290 g/mol. The molecular formula is C11H13Cl2N3S. The number of aryl methyl sites for hydroxylation is 1. The molecule has 0 aromatic carbocycles. The second kappa shape index (κ2) is 5.40. The summed E-state index contributed by atoms with van der Waals surface area (Å²) in [6.07, 6.45) is 1.80. The first-order chi connectivity index (χ1) is 8.17. The Morgan fingerprint density at radius 2 is 2.29 bits per heavy atom. The van der Waals surface area contributed by atoms with Crippen LogP contribution in [0.4, 0.5) is 0 Å². The molecule has 92 valence electrons. The van der Waals surface area contributed by atoms with Crippen LogP contribution in [0.15, 0.2) is 18.3 Å².